The van der Waals surface area contributed by atoms with Crippen molar-refractivity contribution in [2.75, 3.05) is 26.2 Å². The van der Waals surface area contributed by atoms with E-state index in [1.54, 1.807) is 6.92 Å². The second kappa shape index (κ2) is 8.29. The monoisotopic (exact) mass is 322 g/mol. The molecule has 1 fully saturated rings. The highest BCUT2D eigenvalue weighted by Gasteiger charge is 2.27. The summed E-state index contributed by atoms with van der Waals surface area (Å²) in [5.41, 5.74) is 0.109. The van der Waals surface area contributed by atoms with E-state index in [1.165, 1.54) is 32.4 Å². The summed E-state index contributed by atoms with van der Waals surface area (Å²) < 4.78 is 5.10. The summed E-state index contributed by atoms with van der Waals surface area (Å²) in [6.07, 6.45) is 3.95. The first-order valence-corrected chi connectivity index (χ1v) is 8.57. The third kappa shape index (κ3) is 5.49. The van der Waals surface area contributed by atoms with Crippen molar-refractivity contribution < 1.29 is 4.52 Å². The van der Waals surface area contributed by atoms with E-state index >= 15 is 0 Å². The molecule has 0 spiro atoms. The van der Waals surface area contributed by atoms with Gasteiger partial charge in [-0.1, -0.05) is 11.6 Å². The van der Waals surface area contributed by atoms with E-state index in [0.717, 1.165) is 19.0 Å². The lowest BCUT2D eigenvalue weighted by molar-refractivity contribution is 0.0982. The molecule has 2 heterocycles. The summed E-state index contributed by atoms with van der Waals surface area (Å²) in [6, 6.07) is 0. The van der Waals surface area contributed by atoms with Crippen LogP contribution >= 0.6 is 0 Å². The first-order chi connectivity index (χ1) is 11.0. The zero-order valence-corrected chi connectivity index (χ0v) is 14.9. The van der Waals surface area contributed by atoms with Crippen LogP contribution < -0.4 is 10.6 Å². The lowest BCUT2D eigenvalue weighted by Crippen LogP contribution is -2.54. The van der Waals surface area contributed by atoms with E-state index in [4.69, 9.17) is 4.52 Å². The number of guanidine groups is 1. The van der Waals surface area contributed by atoms with Gasteiger partial charge in [0.25, 0.3) is 0 Å². The fourth-order valence-corrected chi connectivity index (χ4v) is 2.80. The van der Waals surface area contributed by atoms with Gasteiger partial charge in [-0.25, -0.2) is 4.99 Å². The average Bonchev–Trinajstić information content (AvgIpc) is 2.96. The molecule has 2 N–H and O–H groups in total. The number of nitrogens with one attached hydrogen (secondary N) is 2. The number of hydrogen-bond acceptors (Lipinski definition) is 5. The van der Waals surface area contributed by atoms with Gasteiger partial charge in [0.05, 0.1) is 0 Å². The average molecular weight is 322 g/mol. The Bertz CT molecular complexity index is 504. The minimum atomic E-state index is 0.109. The first kappa shape index (κ1) is 17.7. The molecule has 1 aliphatic rings. The first-order valence-electron chi connectivity index (χ1n) is 8.57. The quantitative estimate of drug-likeness (QED) is 0.613. The summed E-state index contributed by atoms with van der Waals surface area (Å²) in [5.74, 6) is 1.96. The van der Waals surface area contributed by atoms with Gasteiger partial charge in [-0.15, -0.1) is 0 Å². The summed E-state index contributed by atoms with van der Waals surface area (Å²) in [7, 11) is 0. The maximum absolute atomic E-state index is 5.10. The zero-order chi connectivity index (χ0) is 16.7. The number of aromatic nitrogens is 2. The topological polar surface area (TPSA) is 78.6 Å². The van der Waals surface area contributed by atoms with Crippen LogP contribution in [0.1, 0.15) is 51.7 Å². The van der Waals surface area contributed by atoms with E-state index in [-0.39, 0.29) is 5.54 Å². The van der Waals surface area contributed by atoms with Crippen LogP contribution in [0.3, 0.4) is 0 Å². The molecule has 130 valence electrons. The van der Waals surface area contributed by atoms with Crippen molar-refractivity contribution in [3.05, 3.63) is 11.7 Å². The van der Waals surface area contributed by atoms with Gasteiger partial charge in [-0.3, -0.25) is 4.90 Å². The van der Waals surface area contributed by atoms with Gasteiger partial charge in [0.2, 0.25) is 5.89 Å². The van der Waals surface area contributed by atoms with Crippen LogP contribution in [0.25, 0.3) is 0 Å². The second-order valence-corrected chi connectivity index (χ2v) is 6.64. The van der Waals surface area contributed by atoms with Gasteiger partial charge in [-0.05, 0) is 53.6 Å². The number of rotatable bonds is 6. The minimum Gasteiger partial charge on any atom is -0.357 e. The number of hydrogen-bond donors (Lipinski definition) is 2. The van der Waals surface area contributed by atoms with Gasteiger partial charge in [0, 0.05) is 18.6 Å². The van der Waals surface area contributed by atoms with Gasteiger partial charge >= 0.3 is 0 Å². The molecular formula is C16H30N6O. The predicted octanol–water partition coefficient (Wildman–Crippen LogP) is 1.70. The van der Waals surface area contributed by atoms with Crippen LogP contribution in [0.15, 0.2) is 9.52 Å². The zero-order valence-electron chi connectivity index (χ0n) is 14.9. The van der Waals surface area contributed by atoms with E-state index in [9.17, 15) is 0 Å². The molecule has 1 saturated heterocycles. The van der Waals surface area contributed by atoms with Crippen LogP contribution in [0.2, 0.25) is 0 Å². The van der Waals surface area contributed by atoms with Crippen LogP contribution in [0.5, 0.6) is 0 Å². The highest BCUT2D eigenvalue weighted by molar-refractivity contribution is 5.79. The Morgan fingerprint density at radius 2 is 2.00 bits per heavy atom. The van der Waals surface area contributed by atoms with E-state index in [0.29, 0.717) is 18.3 Å². The van der Waals surface area contributed by atoms with Crippen molar-refractivity contribution in [1.29, 1.82) is 0 Å². The smallest absolute Gasteiger partial charge is 0.248 e. The Labute approximate surface area is 138 Å². The molecule has 7 nitrogen and oxygen atoms in total. The fraction of sp³-hybridized carbons (Fsp3) is 0.812. The molecule has 0 unspecified atom stereocenters. The Balaban J connectivity index is 1.90. The van der Waals surface area contributed by atoms with Crippen molar-refractivity contribution in [1.82, 2.24) is 25.7 Å². The van der Waals surface area contributed by atoms with Crippen molar-refractivity contribution in [3.63, 3.8) is 0 Å². The molecule has 0 saturated carbocycles. The van der Waals surface area contributed by atoms with Crippen molar-refractivity contribution in [2.45, 2.75) is 59.0 Å². The summed E-state index contributed by atoms with van der Waals surface area (Å²) in [6.45, 7) is 12.9. The Morgan fingerprint density at radius 3 is 2.61 bits per heavy atom. The molecule has 1 aromatic rings. The Kier molecular flexibility index (Phi) is 6.38. The molecule has 23 heavy (non-hydrogen) atoms. The van der Waals surface area contributed by atoms with Crippen molar-refractivity contribution in [3.8, 4) is 0 Å². The van der Waals surface area contributed by atoms with Crippen molar-refractivity contribution >= 4 is 5.96 Å². The SMILES string of the molecule is CCNC(=NCc1nc(C)no1)NCC(C)(C)N1CCCCC1. The molecule has 0 aliphatic carbocycles. The normalized spacial score (nSPS) is 17.3. The molecule has 0 atom stereocenters. The Hall–Kier alpha value is -1.63. The maximum atomic E-state index is 5.10. The van der Waals surface area contributed by atoms with Gasteiger partial charge in [0.1, 0.15) is 6.54 Å². The van der Waals surface area contributed by atoms with Crippen LogP contribution in [0, 0.1) is 6.92 Å². The third-order valence-corrected chi connectivity index (χ3v) is 4.19. The van der Waals surface area contributed by atoms with Crippen LogP contribution in [-0.2, 0) is 6.54 Å². The number of piperidine rings is 1. The lowest BCUT2D eigenvalue weighted by Gasteiger charge is -2.41. The van der Waals surface area contributed by atoms with Crippen LogP contribution in [-0.4, -0.2) is 52.7 Å². The fourth-order valence-electron chi connectivity index (χ4n) is 2.80. The number of aryl methyl sites for hydroxylation is 1. The molecule has 1 aromatic heterocycles. The molecule has 0 amide bonds. The van der Waals surface area contributed by atoms with E-state index in [2.05, 4.69) is 51.4 Å². The van der Waals surface area contributed by atoms with Gasteiger partial charge in [-0.2, -0.15) is 4.98 Å². The summed E-state index contributed by atoms with van der Waals surface area (Å²) in [4.78, 5) is 11.3. The lowest BCUT2D eigenvalue weighted by atomic mass is 9.98. The van der Waals surface area contributed by atoms with E-state index < -0.39 is 0 Å². The molecule has 0 bridgehead atoms. The standard InChI is InChI=1S/C16H30N6O/c1-5-17-15(18-11-14-20-13(2)21-23-14)19-12-16(3,4)22-9-7-6-8-10-22/h5-12H2,1-4H3,(H2,17,18,19). The molecule has 2 rings (SSSR count). The van der Waals surface area contributed by atoms with Gasteiger partial charge in [0.15, 0.2) is 11.8 Å². The molecule has 1 aliphatic heterocycles. The number of likely N-dealkylation sites (tertiary alicyclic amines) is 1. The van der Waals surface area contributed by atoms with Crippen LogP contribution in [0.4, 0.5) is 0 Å². The summed E-state index contributed by atoms with van der Waals surface area (Å²) in [5, 5.41) is 10.5. The number of aliphatic imine (C=N–C) groups is 1. The molecular weight excluding hydrogens is 292 g/mol. The largest absolute Gasteiger partial charge is 0.357 e. The minimum absolute atomic E-state index is 0.109. The number of nitrogens with zero attached hydrogens (tertiary/aromatic N) is 4. The van der Waals surface area contributed by atoms with Crippen molar-refractivity contribution in [2.24, 2.45) is 4.99 Å². The van der Waals surface area contributed by atoms with Gasteiger partial charge < -0.3 is 15.2 Å². The third-order valence-electron chi connectivity index (χ3n) is 4.19. The van der Waals surface area contributed by atoms with E-state index in [1.807, 2.05) is 0 Å². The predicted molar refractivity (Wildman–Crippen MR) is 91.4 cm³/mol. The highest BCUT2D eigenvalue weighted by atomic mass is 16.5. The molecule has 0 radical (unpaired) electrons. The summed E-state index contributed by atoms with van der Waals surface area (Å²) >= 11 is 0. The second-order valence-electron chi connectivity index (χ2n) is 6.64. The molecule has 0 aromatic carbocycles. The maximum Gasteiger partial charge on any atom is 0.248 e. The Morgan fingerprint density at radius 1 is 1.26 bits per heavy atom. The highest BCUT2D eigenvalue weighted by Crippen LogP contribution is 2.19. The molecule has 7 heteroatoms.